The summed E-state index contributed by atoms with van der Waals surface area (Å²) in [5, 5.41) is 8.17. The van der Waals surface area contributed by atoms with E-state index in [1.165, 1.54) is 0 Å². The largest absolute Gasteiger partial charge is 0.355 e. The molecule has 1 atom stereocenters. The molecule has 0 heterocycles. The van der Waals surface area contributed by atoms with E-state index in [2.05, 4.69) is 16.0 Å². The van der Waals surface area contributed by atoms with Gasteiger partial charge in [-0.25, -0.2) is 0 Å². The fraction of sp³-hybridized carbons (Fsp3) is 0.773. The first kappa shape index (κ1) is 28.7. The van der Waals surface area contributed by atoms with Crippen LogP contribution in [-0.2, 0) is 24.0 Å². The Balaban J connectivity index is 4.00. The highest BCUT2D eigenvalue weighted by Gasteiger charge is 2.16. The summed E-state index contributed by atoms with van der Waals surface area (Å²) in [5.41, 5.74) is 0. The smallest absolute Gasteiger partial charge is 0.242 e. The third kappa shape index (κ3) is 15.2. The summed E-state index contributed by atoms with van der Waals surface area (Å²) in [6.45, 7) is 7.69. The maximum absolute atomic E-state index is 12.3. The lowest BCUT2D eigenvalue weighted by Crippen LogP contribution is -2.44. The van der Waals surface area contributed by atoms with Gasteiger partial charge in [0.2, 0.25) is 18.2 Å². The fourth-order valence-corrected chi connectivity index (χ4v) is 2.97. The Bertz CT molecular complexity index is 554. The summed E-state index contributed by atoms with van der Waals surface area (Å²) in [6.07, 6.45) is 6.18. The highest BCUT2D eigenvalue weighted by atomic mass is 16.2. The number of unbranched alkanes of at least 4 members (excludes halogenated alkanes) is 3. The van der Waals surface area contributed by atoms with Crippen molar-refractivity contribution in [3.63, 3.8) is 0 Å². The predicted molar refractivity (Wildman–Crippen MR) is 119 cm³/mol. The van der Waals surface area contributed by atoms with E-state index < -0.39 is 6.04 Å². The second-order valence-corrected chi connectivity index (χ2v) is 7.90. The number of amides is 3. The summed E-state index contributed by atoms with van der Waals surface area (Å²) in [7, 11) is 0. The van der Waals surface area contributed by atoms with Crippen LogP contribution in [0.25, 0.3) is 0 Å². The number of hydrogen-bond donors (Lipinski definition) is 3. The van der Waals surface area contributed by atoms with Gasteiger partial charge in [0, 0.05) is 25.4 Å². The molecule has 0 saturated heterocycles. The van der Waals surface area contributed by atoms with E-state index >= 15 is 0 Å². The van der Waals surface area contributed by atoms with Crippen molar-refractivity contribution in [2.24, 2.45) is 5.92 Å². The monoisotopic (exact) mass is 440 g/mol. The number of carbonyl (C=O) groups excluding carboxylic acids is 5. The Morgan fingerprint density at radius 1 is 0.935 bits per heavy atom. The van der Waals surface area contributed by atoms with Crippen LogP contribution in [0.15, 0.2) is 0 Å². The lowest BCUT2D eigenvalue weighted by Gasteiger charge is -2.17. The van der Waals surface area contributed by atoms with Crippen LogP contribution in [0.1, 0.15) is 65.7 Å². The molecule has 9 heteroatoms. The van der Waals surface area contributed by atoms with Crippen LogP contribution in [-0.4, -0.2) is 74.0 Å². The zero-order valence-corrected chi connectivity index (χ0v) is 19.3. The zero-order chi connectivity index (χ0) is 23.5. The molecule has 0 saturated carbocycles. The quantitative estimate of drug-likeness (QED) is 0.190. The van der Waals surface area contributed by atoms with Crippen molar-refractivity contribution in [3.8, 4) is 0 Å². The molecule has 1 unspecified atom stereocenters. The molecule has 0 spiro atoms. The van der Waals surface area contributed by atoms with Crippen molar-refractivity contribution >= 4 is 30.3 Å². The van der Waals surface area contributed by atoms with Gasteiger partial charge in [-0.1, -0.05) is 27.2 Å². The maximum Gasteiger partial charge on any atom is 0.242 e. The average Bonchev–Trinajstić information content (AvgIpc) is 2.74. The molecule has 0 fully saturated rings. The molecule has 31 heavy (non-hydrogen) atoms. The first-order valence-corrected chi connectivity index (χ1v) is 11.3. The topological polar surface area (TPSA) is 125 Å². The molecule has 178 valence electrons. The van der Waals surface area contributed by atoms with Gasteiger partial charge in [-0.3, -0.25) is 24.1 Å². The van der Waals surface area contributed by atoms with E-state index in [-0.39, 0.29) is 36.6 Å². The third-order valence-electron chi connectivity index (χ3n) is 5.02. The summed E-state index contributed by atoms with van der Waals surface area (Å²) in [4.78, 5) is 58.8. The van der Waals surface area contributed by atoms with E-state index in [1.807, 2.05) is 20.8 Å². The van der Waals surface area contributed by atoms with Gasteiger partial charge in [0.25, 0.3) is 0 Å². The molecule has 9 nitrogen and oxygen atoms in total. The Kier molecular flexibility index (Phi) is 17.1. The Morgan fingerprint density at radius 3 is 2.23 bits per heavy atom. The minimum absolute atomic E-state index is 0.0664. The lowest BCUT2D eigenvalue weighted by atomic mass is 10.0. The van der Waals surface area contributed by atoms with E-state index in [0.29, 0.717) is 51.7 Å². The SMILES string of the molecule is CCN(CC=O)CC(=O)NCCCCC(NC=O)C(=O)NCCCCCC(=O)C(C)C. The number of carbonyl (C=O) groups is 5. The molecule has 0 aromatic rings. The summed E-state index contributed by atoms with van der Waals surface area (Å²) in [5.74, 6) is -0.0308. The number of nitrogens with one attached hydrogen (secondary N) is 3. The molecule has 0 rings (SSSR count). The van der Waals surface area contributed by atoms with Crippen LogP contribution in [0.2, 0.25) is 0 Å². The van der Waals surface area contributed by atoms with E-state index in [9.17, 15) is 24.0 Å². The van der Waals surface area contributed by atoms with E-state index in [0.717, 1.165) is 25.5 Å². The molecule has 0 bridgehead atoms. The summed E-state index contributed by atoms with van der Waals surface area (Å²) in [6, 6.07) is -0.598. The van der Waals surface area contributed by atoms with Crippen LogP contribution < -0.4 is 16.0 Å². The summed E-state index contributed by atoms with van der Waals surface area (Å²) < 4.78 is 0. The predicted octanol–water partition coefficient (Wildman–Crippen LogP) is 0.810. The second kappa shape index (κ2) is 18.5. The van der Waals surface area contributed by atoms with Crippen molar-refractivity contribution in [2.45, 2.75) is 71.8 Å². The van der Waals surface area contributed by atoms with Crippen LogP contribution >= 0.6 is 0 Å². The van der Waals surface area contributed by atoms with E-state index in [1.54, 1.807) is 4.90 Å². The molecular formula is C22H40N4O5. The minimum atomic E-state index is -0.598. The molecule has 3 N–H and O–H groups in total. The number of aldehydes is 1. The van der Waals surface area contributed by atoms with Crippen LogP contribution in [0, 0.1) is 5.92 Å². The molecule has 0 aromatic heterocycles. The second-order valence-electron chi connectivity index (χ2n) is 7.90. The molecule has 0 aliphatic heterocycles. The molecular weight excluding hydrogens is 400 g/mol. The first-order chi connectivity index (χ1) is 14.8. The van der Waals surface area contributed by atoms with Crippen LogP contribution in [0.5, 0.6) is 0 Å². The van der Waals surface area contributed by atoms with Gasteiger partial charge in [0.05, 0.1) is 13.1 Å². The lowest BCUT2D eigenvalue weighted by molar-refractivity contribution is -0.125. The Morgan fingerprint density at radius 2 is 1.61 bits per heavy atom. The van der Waals surface area contributed by atoms with Gasteiger partial charge < -0.3 is 20.7 Å². The van der Waals surface area contributed by atoms with Crippen molar-refractivity contribution in [2.75, 3.05) is 32.7 Å². The van der Waals surface area contributed by atoms with Crippen LogP contribution in [0.4, 0.5) is 0 Å². The molecule has 0 aliphatic rings. The van der Waals surface area contributed by atoms with Crippen molar-refractivity contribution in [1.29, 1.82) is 0 Å². The van der Waals surface area contributed by atoms with Gasteiger partial charge in [0.1, 0.15) is 18.1 Å². The van der Waals surface area contributed by atoms with Gasteiger partial charge in [-0.05, 0) is 38.6 Å². The standard InChI is InChI=1S/C22H40N4O5/c1-4-26(14-15-27)16-21(30)23-12-9-7-10-19(25-17-28)22(31)24-13-8-5-6-11-20(29)18(2)3/h15,17-19H,4-14,16H2,1-3H3,(H,23,30)(H,24,31)(H,25,28). The number of hydrogen-bond acceptors (Lipinski definition) is 6. The number of rotatable bonds is 20. The Labute approximate surface area is 186 Å². The fourth-order valence-electron chi connectivity index (χ4n) is 2.97. The number of nitrogens with zero attached hydrogens (tertiary/aromatic N) is 1. The molecule has 3 amide bonds. The Hall–Kier alpha value is -2.29. The van der Waals surface area contributed by atoms with E-state index in [4.69, 9.17) is 0 Å². The number of likely N-dealkylation sites (N-methyl/N-ethyl adjacent to an activating group) is 1. The molecule has 0 aromatic carbocycles. The highest BCUT2D eigenvalue weighted by molar-refractivity contribution is 5.83. The normalized spacial score (nSPS) is 11.8. The molecule has 0 aliphatic carbocycles. The highest BCUT2D eigenvalue weighted by Crippen LogP contribution is 2.06. The number of ketones is 1. The zero-order valence-electron chi connectivity index (χ0n) is 19.3. The average molecular weight is 441 g/mol. The van der Waals surface area contributed by atoms with Gasteiger partial charge in [0.15, 0.2) is 0 Å². The van der Waals surface area contributed by atoms with Crippen molar-refractivity contribution < 1.29 is 24.0 Å². The van der Waals surface area contributed by atoms with Gasteiger partial charge in [-0.15, -0.1) is 0 Å². The maximum atomic E-state index is 12.3. The van der Waals surface area contributed by atoms with Crippen LogP contribution in [0.3, 0.4) is 0 Å². The minimum Gasteiger partial charge on any atom is -0.355 e. The summed E-state index contributed by atoms with van der Waals surface area (Å²) >= 11 is 0. The third-order valence-corrected chi connectivity index (χ3v) is 5.02. The van der Waals surface area contributed by atoms with Crippen molar-refractivity contribution in [1.82, 2.24) is 20.9 Å². The molecule has 0 radical (unpaired) electrons. The van der Waals surface area contributed by atoms with Gasteiger partial charge in [-0.2, -0.15) is 0 Å². The number of Topliss-reactive ketones (excluding diaryl/α,β-unsaturated/α-hetero) is 1. The van der Waals surface area contributed by atoms with Crippen molar-refractivity contribution in [3.05, 3.63) is 0 Å². The first-order valence-electron chi connectivity index (χ1n) is 11.3. The van der Waals surface area contributed by atoms with Gasteiger partial charge >= 0.3 is 0 Å².